The summed E-state index contributed by atoms with van der Waals surface area (Å²) in [6.07, 6.45) is 1.97. The van der Waals surface area contributed by atoms with Crippen molar-refractivity contribution >= 4 is 23.3 Å². The van der Waals surface area contributed by atoms with E-state index in [0.29, 0.717) is 31.8 Å². The average Bonchev–Trinajstić information content (AvgIpc) is 3.16. The number of hydrogen-bond acceptors (Lipinski definition) is 4. The number of nitrogens with zero attached hydrogens (tertiary/aromatic N) is 2. The number of piperidine rings is 1. The summed E-state index contributed by atoms with van der Waals surface area (Å²) >= 11 is 0. The summed E-state index contributed by atoms with van der Waals surface area (Å²) in [7, 11) is 0. The first-order chi connectivity index (χ1) is 14.9. The molecule has 7 heteroatoms. The monoisotopic (exact) mass is 420 g/mol. The molecule has 1 spiro atoms. The highest BCUT2D eigenvalue weighted by atomic mass is 16.7. The predicted octanol–water partition coefficient (Wildman–Crippen LogP) is 3.76. The molecule has 31 heavy (non-hydrogen) atoms. The van der Waals surface area contributed by atoms with Crippen molar-refractivity contribution in [3.63, 3.8) is 0 Å². The van der Waals surface area contributed by atoms with Gasteiger partial charge in [-0.25, -0.2) is 4.79 Å². The van der Waals surface area contributed by atoms with Gasteiger partial charge >= 0.3 is 6.03 Å². The summed E-state index contributed by atoms with van der Waals surface area (Å²) in [6.45, 7) is 5.51. The number of carbonyl (C=O) groups is 2. The van der Waals surface area contributed by atoms with Crippen LogP contribution in [0.25, 0.3) is 0 Å². The SMILES string of the molecule is Cc1ccc(CNC(=O)C2=NO[C@@]3(CCCN(C(=O)Nc4cccc(C)c4)C3)C2)cc1. The van der Waals surface area contributed by atoms with Gasteiger partial charge in [0.05, 0.1) is 6.54 Å². The summed E-state index contributed by atoms with van der Waals surface area (Å²) in [5, 5.41) is 9.94. The zero-order valence-electron chi connectivity index (χ0n) is 18.0. The number of carbonyl (C=O) groups excluding carboxylic acids is 2. The van der Waals surface area contributed by atoms with Crippen LogP contribution >= 0.6 is 0 Å². The van der Waals surface area contributed by atoms with E-state index in [1.54, 1.807) is 4.90 Å². The summed E-state index contributed by atoms with van der Waals surface area (Å²) in [5.74, 6) is -0.223. The van der Waals surface area contributed by atoms with E-state index >= 15 is 0 Å². The van der Waals surface area contributed by atoms with E-state index in [-0.39, 0.29) is 11.9 Å². The number of aryl methyl sites for hydroxylation is 2. The molecule has 2 aliphatic heterocycles. The van der Waals surface area contributed by atoms with Crippen LogP contribution in [0.5, 0.6) is 0 Å². The second kappa shape index (κ2) is 8.79. The number of anilines is 1. The highest BCUT2D eigenvalue weighted by Crippen LogP contribution is 2.33. The van der Waals surface area contributed by atoms with Crippen LogP contribution in [0.15, 0.2) is 53.7 Å². The van der Waals surface area contributed by atoms with Gasteiger partial charge in [-0.2, -0.15) is 0 Å². The fraction of sp³-hybridized carbons (Fsp3) is 0.375. The number of benzene rings is 2. The van der Waals surface area contributed by atoms with Crippen LogP contribution in [0.1, 0.15) is 36.0 Å². The van der Waals surface area contributed by atoms with Crippen LogP contribution in [0.2, 0.25) is 0 Å². The lowest BCUT2D eigenvalue weighted by molar-refractivity contribution is -0.115. The van der Waals surface area contributed by atoms with Crippen LogP contribution in [0, 0.1) is 13.8 Å². The lowest BCUT2D eigenvalue weighted by Crippen LogP contribution is -2.52. The Morgan fingerprint density at radius 1 is 1.13 bits per heavy atom. The molecule has 0 unspecified atom stereocenters. The van der Waals surface area contributed by atoms with Crippen LogP contribution in [-0.2, 0) is 16.2 Å². The Balaban J connectivity index is 1.32. The molecule has 4 rings (SSSR count). The largest absolute Gasteiger partial charge is 0.386 e. The van der Waals surface area contributed by atoms with E-state index in [1.807, 2.05) is 62.4 Å². The minimum Gasteiger partial charge on any atom is -0.386 e. The maximum Gasteiger partial charge on any atom is 0.321 e. The van der Waals surface area contributed by atoms with Crippen molar-refractivity contribution < 1.29 is 14.4 Å². The summed E-state index contributed by atoms with van der Waals surface area (Å²) in [4.78, 5) is 32.8. The van der Waals surface area contributed by atoms with Crippen molar-refractivity contribution in [3.8, 4) is 0 Å². The number of amides is 3. The van der Waals surface area contributed by atoms with Gasteiger partial charge in [0, 0.05) is 25.2 Å². The molecular weight excluding hydrogens is 392 g/mol. The van der Waals surface area contributed by atoms with Crippen molar-refractivity contribution in [2.75, 3.05) is 18.4 Å². The minimum absolute atomic E-state index is 0.162. The third-order valence-corrected chi connectivity index (χ3v) is 5.77. The van der Waals surface area contributed by atoms with Crippen molar-refractivity contribution in [2.24, 2.45) is 5.16 Å². The molecule has 0 radical (unpaired) electrons. The highest BCUT2D eigenvalue weighted by molar-refractivity contribution is 6.39. The molecule has 2 aromatic rings. The van der Waals surface area contributed by atoms with Crippen molar-refractivity contribution in [1.82, 2.24) is 10.2 Å². The highest BCUT2D eigenvalue weighted by Gasteiger charge is 2.45. The number of hydrogen-bond donors (Lipinski definition) is 2. The van der Waals surface area contributed by atoms with Gasteiger partial charge in [-0.15, -0.1) is 0 Å². The minimum atomic E-state index is -0.626. The fourth-order valence-electron chi connectivity index (χ4n) is 4.05. The quantitative estimate of drug-likeness (QED) is 0.790. The molecule has 2 heterocycles. The third kappa shape index (κ3) is 5.05. The van der Waals surface area contributed by atoms with Crippen molar-refractivity contribution in [2.45, 2.75) is 45.3 Å². The molecule has 1 atom stereocenters. The molecule has 7 nitrogen and oxygen atoms in total. The molecule has 162 valence electrons. The zero-order chi connectivity index (χ0) is 21.8. The molecule has 0 aromatic heterocycles. The zero-order valence-corrected chi connectivity index (χ0v) is 18.0. The first kappa shape index (κ1) is 20.9. The second-order valence-electron chi connectivity index (χ2n) is 8.48. The smallest absolute Gasteiger partial charge is 0.321 e. The first-order valence-corrected chi connectivity index (χ1v) is 10.6. The molecule has 0 saturated carbocycles. The van der Waals surface area contributed by atoms with Gasteiger partial charge in [-0.1, -0.05) is 47.1 Å². The number of urea groups is 1. The van der Waals surface area contributed by atoms with Crippen LogP contribution in [0.4, 0.5) is 10.5 Å². The van der Waals surface area contributed by atoms with Gasteiger partial charge in [0.15, 0.2) is 5.60 Å². The van der Waals surface area contributed by atoms with E-state index in [9.17, 15) is 9.59 Å². The maximum absolute atomic E-state index is 12.8. The van der Waals surface area contributed by atoms with E-state index < -0.39 is 5.60 Å². The second-order valence-corrected chi connectivity index (χ2v) is 8.48. The molecule has 2 aliphatic rings. The van der Waals surface area contributed by atoms with Crippen molar-refractivity contribution in [3.05, 3.63) is 65.2 Å². The molecule has 1 fully saturated rings. The van der Waals surface area contributed by atoms with E-state index in [1.165, 1.54) is 5.56 Å². The Morgan fingerprint density at radius 2 is 1.94 bits per heavy atom. The van der Waals surface area contributed by atoms with Gasteiger partial charge in [0.2, 0.25) is 0 Å². The molecular formula is C24H28N4O3. The topological polar surface area (TPSA) is 83.0 Å². The average molecular weight is 421 g/mol. The van der Waals surface area contributed by atoms with E-state index in [2.05, 4.69) is 15.8 Å². The van der Waals surface area contributed by atoms with E-state index in [4.69, 9.17) is 4.84 Å². The summed E-state index contributed by atoms with van der Waals surface area (Å²) < 4.78 is 0. The molecule has 1 saturated heterocycles. The molecule has 2 aromatic carbocycles. The van der Waals surface area contributed by atoms with Crippen molar-refractivity contribution in [1.29, 1.82) is 0 Å². The Bertz CT molecular complexity index is 1000. The molecule has 2 N–H and O–H groups in total. The number of likely N-dealkylation sites (tertiary alicyclic amines) is 1. The van der Waals surface area contributed by atoms with Gasteiger partial charge in [0.25, 0.3) is 5.91 Å². The van der Waals surface area contributed by atoms with Gasteiger partial charge < -0.3 is 20.4 Å². The van der Waals surface area contributed by atoms with Gasteiger partial charge in [0.1, 0.15) is 5.71 Å². The third-order valence-electron chi connectivity index (χ3n) is 5.77. The predicted molar refractivity (Wildman–Crippen MR) is 120 cm³/mol. The number of oxime groups is 1. The maximum atomic E-state index is 12.8. The summed E-state index contributed by atoms with van der Waals surface area (Å²) in [6, 6.07) is 15.6. The Morgan fingerprint density at radius 3 is 2.71 bits per heavy atom. The van der Waals surface area contributed by atoms with Gasteiger partial charge in [-0.3, -0.25) is 4.79 Å². The first-order valence-electron chi connectivity index (χ1n) is 10.6. The van der Waals surface area contributed by atoms with Crippen LogP contribution < -0.4 is 10.6 Å². The van der Waals surface area contributed by atoms with E-state index in [0.717, 1.165) is 29.7 Å². The van der Waals surface area contributed by atoms with Crippen LogP contribution in [-0.4, -0.2) is 41.2 Å². The standard InChI is InChI=1S/C24H28N4O3/c1-17-7-9-19(10-8-17)15-25-22(29)21-14-24(31-27-21)11-4-12-28(16-24)23(30)26-20-6-3-5-18(2)13-20/h3,5-10,13H,4,11-12,14-16H2,1-2H3,(H,25,29)(H,26,30)/t24-/m0/s1. The Labute approximate surface area is 182 Å². The normalized spacial score (nSPS) is 20.2. The lowest BCUT2D eigenvalue weighted by atomic mass is 9.88. The number of rotatable bonds is 4. The van der Waals surface area contributed by atoms with Gasteiger partial charge in [-0.05, 0) is 49.9 Å². The fourth-order valence-corrected chi connectivity index (χ4v) is 4.05. The number of nitrogens with one attached hydrogen (secondary N) is 2. The molecule has 3 amide bonds. The Hall–Kier alpha value is -3.35. The molecule has 0 aliphatic carbocycles. The molecule has 0 bridgehead atoms. The Kier molecular flexibility index (Phi) is 5.93. The van der Waals surface area contributed by atoms with Crippen LogP contribution in [0.3, 0.4) is 0 Å². The lowest BCUT2D eigenvalue weighted by Gasteiger charge is -2.38. The summed E-state index contributed by atoms with van der Waals surface area (Å²) in [5.41, 5.74) is 3.82.